The van der Waals surface area contributed by atoms with E-state index in [9.17, 15) is 4.79 Å². The first-order chi connectivity index (χ1) is 8.14. The third-order valence-corrected chi connectivity index (χ3v) is 4.37. The van der Waals surface area contributed by atoms with Crippen molar-refractivity contribution in [2.24, 2.45) is 10.8 Å². The highest BCUT2D eigenvalue weighted by atomic mass is 16.5. The number of methoxy groups -OCH3 is 1. The maximum absolute atomic E-state index is 11.6. The van der Waals surface area contributed by atoms with Gasteiger partial charge in [-0.05, 0) is 32.9 Å². The van der Waals surface area contributed by atoms with Gasteiger partial charge in [0, 0.05) is 25.0 Å². The van der Waals surface area contributed by atoms with Crippen LogP contribution >= 0.6 is 0 Å². The molecule has 4 nitrogen and oxygen atoms in total. The summed E-state index contributed by atoms with van der Waals surface area (Å²) < 4.78 is 4.90. The maximum Gasteiger partial charge on any atom is 0.312 e. The smallest absolute Gasteiger partial charge is 0.312 e. The number of carbonyl (C=O) groups is 1. The second-order valence-electron chi connectivity index (χ2n) is 5.59. The van der Waals surface area contributed by atoms with Gasteiger partial charge in [-0.2, -0.15) is 0 Å². The van der Waals surface area contributed by atoms with Crippen LogP contribution in [0, 0.1) is 10.8 Å². The van der Waals surface area contributed by atoms with E-state index in [-0.39, 0.29) is 16.8 Å². The quantitative estimate of drug-likeness (QED) is 0.639. The molecule has 98 valence electrons. The van der Waals surface area contributed by atoms with Crippen LogP contribution in [-0.2, 0) is 9.53 Å². The molecule has 0 radical (unpaired) electrons. The van der Waals surface area contributed by atoms with Crippen LogP contribution in [0.1, 0.15) is 26.2 Å². The molecule has 0 aliphatic heterocycles. The van der Waals surface area contributed by atoms with Gasteiger partial charge in [0.15, 0.2) is 0 Å². The van der Waals surface area contributed by atoms with Crippen LogP contribution in [-0.4, -0.2) is 51.2 Å². The molecule has 0 amide bonds. The Balaban J connectivity index is 1.83. The Morgan fingerprint density at radius 1 is 1.41 bits per heavy atom. The fraction of sp³-hybridized carbons (Fsp3) is 0.923. The van der Waals surface area contributed by atoms with E-state index in [4.69, 9.17) is 4.74 Å². The van der Waals surface area contributed by atoms with Crippen molar-refractivity contribution >= 4 is 5.97 Å². The van der Waals surface area contributed by atoms with Crippen molar-refractivity contribution < 1.29 is 9.53 Å². The summed E-state index contributed by atoms with van der Waals surface area (Å²) in [4.78, 5) is 14.1. The van der Waals surface area contributed by atoms with Crippen LogP contribution in [0.25, 0.3) is 0 Å². The zero-order valence-electron chi connectivity index (χ0n) is 11.2. The van der Waals surface area contributed by atoms with Crippen LogP contribution in [0.15, 0.2) is 0 Å². The van der Waals surface area contributed by atoms with Gasteiger partial charge in [-0.3, -0.25) is 4.79 Å². The fourth-order valence-corrected chi connectivity index (χ4v) is 3.12. The Morgan fingerprint density at radius 2 is 2.12 bits per heavy atom. The number of hydrogen-bond acceptors (Lipinski definition) is 4. The molecule has 1 N–H and O–H groups in total. The number of carbonyl (C=O) groups excluding carboxylic acids is 1. The Morgan fingerprint density at radius 3 is 2.65 bits per heavy atom. The van der Waals surface area contributed by atoms with Crippen molar-refractivity contribution in [1.82, 2.24) is 10.2 Å². The highest BCUT2D eigenvalue weighted by Gasteiger charge is 2.87. The molecule has 2 rings (SSSR count). The van der Waals surface area contributed by atoms with E-state index in [0.717, 1.165) is 39.0 Å². The number of nitrogens with zero attached hydrogens (tertiary/aromatic N) is 1. The summed E-state index contributed by atoms with van der Waals surface area (Å²) in [5.74, 6) is 0.0163. The van der Waals surface area contributed by atoms with E-state index in [1.807, 2.05) is 7.05 Å². The molecule has 0 bridgehead atoms. The molecule has 2 fully saturated rings. The van der Waals surface area contributed by atoms with Gasteiger partial charge in [0.05, 0.1) is 12.5 Å². The molecule has 0 spiro atoms. The van der Waals surface area contributed by atoms with Crippen molar-refractivity contribution in [2.75, 3.05) is 40.3 Å². The number of hydrogen-bond donors (Lipinski definition) is 1. The Labute approximate surface area is 104 Å². The highest BCUT2D eigenvalue weighted by Crippen LogP contribution is 2.86. The molecule has 17 heavy (non-hydrogen) atoms. The molecule has 0 aromatic rings. The van der Waals surface area contributed by atoms with Crippen LogP contribution in [0.4, 0.5) is 0 Å². The first-order valence-electron chi connectivity index (χ1n) is 6.59. The predicted molar refractivity (Wildman–Crippen MR) is 66.8 cm³/mol. The highest BCUT2D eigenvalue weighted by molar-refractivity contribution is 5.87. The molecule has 0 saturated heterocycles. The summed E-state index contributed by atoms with van der Waals surface area (Å²) in [7, 11) is 3.48. The number of ether oxygens (including phenoxy) is 1. The molecular formula is C13H24N2O2. The maximum atomic E-state index is 11.6. The largest absolute Gasteiger partial charge is 0.469 e. The van der Waals surface area contributed by atoms with Crippen LogP contribution < -0.4 is 5.32 Å². The minimum absolute atomic E-state index is 0.0163. The number of fused-ring (bicyclic) bond motifs is 1. The van der Waals surface area contributed by atoms with Gasteiger partial charge in [0.25, 0.3) is 0 Å². The summed E-state index contributed by atoms with van der Waals surface area (Å²) in [6, 6.07) is 0. The molecule has 2 saturated carbocycles. The predicted octanol–water partition coefficient (Wildman–Crippen LogP) is 0.871. The lowest BCUT2D eigenvalue weighted by Gasteiger charge is -2.22. The lowest BCUT2D eigenvalue weighted by molar-refractivity contribution is -0.144. The van der Waals surface area contributed by atoms with Crippen molar-refractivity contribution in [2.45, 2.75) is 26.2 Å². The summed E-state index contributed by atoms with van der Waals surface area (Å²) in [5.41, 5.74) is 0.205. The van der Waals surface area contributed by atoms with E-state index in [1.54, 1.807) is 0 Å². The SMILES string of the molecule is CCCN(CCNC)CC12CC1(C(=O)OC)C2. The summed E-state index contributed by atoms with van der Waals surface area (Å²) in [6.45, 7) is 6.49. The summed E-state index contributed by atoms with van der Waals surface area (Å²) >= 11 is 0. The van der Waals surface area contributed by atoms with Gasteiger partial charge in [0.2, 0.25) is 0 Å². The third-order valence-electron chi connectivity index (χ3n) is 4.37. The Hall–Kier alpha value is -0.610. The molecule has 4 heteroatoms. The summed E-state index contributed by atoms with van der Waals surface area (Å²) in [6.07, 6.45) is 3.27. The second kappa shape index (κ2) is 4.58. The van der Waals surface area contributed by atoms with Crippen LogP contribution in [0.2, 0.25) is 0 Å². The lowest BCUT2D eigenvalue weighted by Crippen LogP contribution is -2.34. The fourth-order valence-electron chi connectivity index (χ4n) is 3.12. The number of rotatable bonds is 8. The van der Waals surface area contributed by atoms with Gasteiger partial charge in [0.1, 0.15) is 0 Å². The number of nitrogens with one attached hydrogen (secondary N) is 1. The Bertz CT molecular complexity index is 298. The average Bonchev–Trinajstić information content (AvgIpc) is 3.11. The van der Waals surface area contributed by atoms with Gasteiger partial charge >= 0.3 is 5.97 Å². The van der Waals surface area contributed by atoms with Gasteiger partial charge < -0.3 is 15.0 Å². The van der Waals surface area contributed by atoms with Crippen molar-refractivity contribution in [1.29, 1.82) is 0 Å². The lowest BCUT2D eigenvalue weighted by atomic mass is 10.2. The van der Waals surface area contributed by atoms with Crippen molar-refractivity contribution in [3.05, 3.63) is 0 Å². The molecule has 2 aliphatic rings. The van der Waals surface area contributed by atoms with E-state index in [2.05, 4.69) is 17.1 Å². The minimum Gasteiger partial charge on any atom is -0.469 e. The molecule has 0 unspecified atom stereocenters. The zero-order valence-corrected chi connectivity index (χ0v) is 11.2. The minimum atomic E-state index is -0.0760. The molecule has 2 aliphatic carbocycles. The van der Waals surface area contributed by atoms with Crippen molar-refractivity contribution in [3.63, 3.8) is 0 Å². The second-order valence-corrected chi connectivity index (χ2v) is 5.59. The molecular weight excluding hydrogens is 216 g/mol. The number of esters is 1. The standard InChI is InChI=1S/C13H24N2O2/c1-4-6-15(7-5-14-2)10-12-8-13(12,9-12)11(16)17-3/h14H,4-10H2,1-3H3. The van der Waals surface area contributed by atoms with Crippen LogP contribution in [0.3, 0.4) is 0 Å². The number of likely N-dealkylation sites (N-methyl/N-ethyl adjacent to an activating group) is 1. The molecule has 0 aromatic carbocycles. The van der Waals surface area contributed by atoms with Crippen molar-refractivity contribution in [3.8, 4) is 0 Å². The van der Waals surface area contributed by atoms with Gasteiger partial charge in [-0.25, -0.2) is 0 Å². The van der Waals surface area contributed by atoms with Crippen LogP contribution in [0.5, 0.6) is 0 Å². The molecule has 0 aromatic heterocycles. The van der Waals surface area contributed by atoms with E-state index in [1.165, 1.54) is 13.5 Å². The first-order valence-corrected chi connectivity index (χ1v) is 6.59. The zero-order chi connectivity index (χ0) is 12.5. The van der Waals surface area contributed by atoms with Gasteiger partial charge in [-0.1, -0.05) is 6.92 Å². The topological polar surface area (TPSA) is 41.6 Å². The molecule has 0 atom stereocenters. The van der Waals surface area contributed by atoms with E-state index < -0.39 is 0 Å². The van der Waals surface area contributed by atoms with Gasteiger partial charge in [-0.15, -0.1) is 0 Å². The Kier molecular flexibility index (Phi) is 3.46. The first kappa shape index (κ1) is 12.8. The van der Waals surface area contributed by atoms with E-state index >= 15 is 0 Å². The average molecular weight is 240 g/mol. The monoisotopic (exact) mass is 240 g/mol. The normalized spacial score (nSPS) is 33.4. The summed E-state index contributed by atoms with van der Waals surface area (Å²) in [5, 5.41) is 3.19. The molecule has 0 heterocycles. The third kappa shape index (κ3) is 2.08. The van der Waals surface area contributed by atoms with E-state index in [0.29, 0.717) is 0 Å².